The molecule has 0 unspecified atom stereocenters. The first-order valence-electron chi connectivity index (χ1n) is 20.0. The Morgan fingerprint density at radius 3 is 1.45 bits per heavy atom. The fourth-order valence-electron chi connectivity index (χ4n) is 9.36. The summed E-state index contributed by atoms with van der Waals surface area (Å²) in [6.45, 7) is 0. The lowest BCUT2D eigenvalue weighted by molar-refractivity contribution is 1.17. The summed E-state index contributed by atoms with van der Waals surface area (Å²) in [6.07, 6.45) is 0. The summed E-state index contributed by atoms with van der Waals surface area (Å²) >= 11 is 0. The molecule has 0 atom stereocenters. The Morgan fingerprint density at radius 2 is 0.741 bits per heavy atom. The lowest BCUT2D eigenvalue weighted by atomic mass is 9.98. The van der Waals surface area contributed by atoms with E-state index >= 15 is 0 Å². The van der Waals surface area contributed by atoms with E-state index in [9.17, 15) is 0 Å². The van der Waals surface area contributed by atoms with Crippen LogP contribution in [0, 0.1) is 0 Å². The molecule has 58 heavy (non-hydrogen) atoms. The highest BCUT2D eigenvalue weighted by Gasteiger charge is 2.20. The van der Waals surface area contributed by atoms with Crippen molar-refractivity contribution >= 4 is 65.2 Å². The van der Waals surface area contributed by atoms with Crippen molar-refractivity contribution in [1.82, 2.24) is 9.13 Å². The molecule has 0 saturated heterocycles. The average Bonchev–Trinajstić information content (AvgIpc) is 3.80. The van der Waals surface area contributed by atoms with Crippen molar-refractivity contribution in [3.63, 3.8) is 0 Å². The van der Waals surface area contributed by atoms with E-state index in [2.05, 4.69) is 228 Å². The minimum atomic E-state index is 1.14. The third-order valence-corrected chi connectivity index (χ3v) is 12.1. The third-order valence-electron chi connectivity index (χ3n) is 12.1. The molecule has 2 nitrogen and oxygen atoms in total. The van der Waals surface area contributed by atoms with Gasteiger partial charge in [0, 0.05) is 32.9 Å². The lowest BCUT2D eigenvalue weighted by Crippen LogP contribution is -1.96. The van der Waals surface area contributed by atoms with Gasteiger partial charge < -0.3 is 9.13 Å². The Labute approximate surface area is 336 Å². The molecule has 0 saturated carbocycles. The van der Waals surface area contributed by atoms with Crippen LogP contribution in [-0.4, -0.2) is 9.13 Å². The number of rotatable bonds is 5. The van der Waals surface area contributed by atoms with Crippen LogP contribution in [0.2, 0.25) is 0 Å². The van der Waals surface area contributed by atoms with Gasteiger partial charge in [0.05, 0.1) is 22.1 Å². The zero-order valence-corrected chi connectivity index (χ0v) is 31.7. The van der Waals surface area contributed by atoms with E-state index in [1.807, 2.05) is 0 Å². The van der Waals surface area contributed by atoms with Crippen LogP contribution in [0.3, 0.4) is 0 Å². The number of hydrogen-bond donors (Lipinski definition) is 0. The van der Waals surface area contributed by atoms with Gasteiger partial charge in [-0.2, -0.15) is 0 Å². The summed E-state index contributed by atoms with van der Waals surface area (Å²) in [5.41, 5.74) is 14.4. The summed E-state index contributed by atoms with van der Waals surface area (Å²) < 4.78 is 4.91. The largest absolute Gasteiger partial charge is 0.309 e. The topological polar surface area (TPSA) is 9.86 Å². The van der Waals surface area contributed by atoms with Crippen LogP contribution in [0.1, 0.15) is 0 Å². The second-order valence-corrected chi connectivity index (χ2v) is 15.3. The van der Waals surface area contributed by atoms with Gasteiger partial charge in [-0.05, 0) is 103 Å². The molecule has 0 aliphatic heterocycles. The lowest BCUT2D eigenvalue weighted by Gasteiger charge is -2.12. The van der Waals surface area contributed by atoms with Crippen LogP contribution in [0.15, 0.2) is 218 Å². The molecular formula is C56H36N2. The normalized spacial score (nSPS) is 11.8. The minimum absolute atomic E-state index is 1.14. The van der Waals surface area contributed by atoms with Crippen molar-refractivity contribution in [2.75, 3.05) is 0 Å². The summed E-state index contributed by atoms with van der Waals surface area (Å²) in [6, 6.07) is 79.9. The molecule has 12 aromatic rings. The zero-order valence-electron chi connectivity index (χ0n) is 31.7. The van der Waals surface area contributed by atoms with Crippen molar-refractivity contribution in [2.24, 2.45) is 0 Å². The van der Waals surface area contributed by atoms with E-state index in [0.717, 1.165) is 11.4 Å². The molecular weight excluding hydrogens is 701 g/mol. The Balaban J connectivity index is 1.05. The van der Waals surface area contributed by atoms with Crippen molar-refractivity contribution < 1.29 is 0 Å². The van der Waals surface area contributed by atoms with Gasteiger partial charge in [0.15, 0.2) is 0 Å². The number of aromatic nitrogens is 2. The van der Waals surface area contributed by atoms with Gasteiger partial charge in [-0.25, -0.2) is 0 Å². The molecule has 0 aliphatic carbocycles. The van der Waals surface area contributed by atoms with Crippen molar-refractivity contribution in [2.45, 2.75) is 0 Å². The minimum Gasteiger partial charge on any atom is -0.309 e. The smallest absolute Gasteiger partial charge is 0.0562 e. The maximum atomic E-state index is 2.46. The van der Waals surface area contributed by atoms with Crippen LogP contribution in [0.25, 0.3) is 110 Å². The van der Waals surface area contributed by atoms with E-state index in [4.69, 9.17) is 0 Å². The number of fused-ring (bicyclic) bond motifs is 9. The predicted molar refractivity (Wildman–Crippen MR) is 246 cm³/mol. The zero-order chi connectivity index (χ0) is 38.2. The van der Waals surface area contributed by atoms with E-state index in [1.54, 1.807) is 0 Å². The standard InChI is InChI=1S/C56H36N2/c1-2-11-37(12-3-1)38-21-23-39(24-22-38)40-25-30-45(31-26-40)58-53-34-29-42-14-5-7-17-48(42)56(53)51-35-50-49-18-8-9-20-52(49)57(54(50)36-55(51)58)44-32-27-43(28-33-44)47-19-10-15-41-13-4-6-16-46(41)47/h1-36H. The molecule has 10 aromatic carbocycles. The Kier molecular flexibility index (Phi) is 7.26. The molecule has 0 N–H and O–H groups in total. The van der Waals surface area contributed by atoms with Gasteiger partial charge in [-0.1, -0.05) is 170 Å². The second-order valence-electron chi connectivity index (χ2n) is 15.3. The number of nitrogens with zero attached hydrogens (tertiary/aromatic N) is 2. The molecule has 2 aromatic heterocycles. The van der Waals surface area contributed by atoms with Crippen LogP contribution in [-0.2, 0) is 0 Å². The van der Waals surface area contributed by atoms with E-state index < -0.39 is 0 Å². The fraction of sp³-hybridized carbons (Fsp3) is 0. The first kappa shape index (κ1) is 32.6. The summed E-state index contributed by atoms with van der Waals surface area (Å²) in [5, 5.41) is 10.1. The summed E-state index contributed by atoms with van der Waals surface area (Å²) in [4.78, 5) is 0. The van der Waals surface area contributed by atoms with Gasteiger partial charge in [0.2, 0.25) is 0 Å². The monoisotopic (exact) mass is 736 g/mol. The van der Waals surface area contributed by atoms with Crippen LogP contribution < -0.4 is 0 Å². The highest BCUT2D eigenvalue weighted by molar-refractivity contribution is 6.25. The van der Waals surface area contributed by atoms with Crippen molar-refractivity contribution in [3.8, 4) is 44.8 Å². The summed E-state index contributed by atoms with van der Waals surface area (Å²) in [5.74, 6) is 0. The van der Waals surface area contributed by atoms with Crippen LogP contribution in [0.5, 0.6) is 0 Å². The van der Waals surface area contributed by atoms with E-state index in [1.165, 1.54) is 98.5 Å². The van der Waals surface area contributed by atoms with Gasteiger partial charge in [-0.15, -0.1) is 0 Å². The highest BCUT2D eigenvalue weighted by atomic mass is 15.0. The Bertz CT molecular complexity index is 3510. The van der Waals surface area contributed by atoms with E-state index in [-0.39, 0.29) is 0 Å². The van der Waals surface area contributed by atoms with Gasteiger partial charge in [0.25, 0.3) is 0 Å². The molecule has 2 heterocycles. The molecule has 0 spiro atoms. The maximum absolute atomic E-state index is 2.46. The van der Waals surface area contributed by atoms with Crippen molar-refractivity contribution in [1.29, 1.82) is 0 Å². The maximum Gasteiger partial charge on any atom is 0.0562 e. The van der Waals surface area contributed by atoms with Crippen molar-refractivity contribution in [3.05, 3.63) is 218 Å². The predicted octanol–water partition coefficient (Wildman–Crippen LogP) is 15.2. The van der Waals surface area contributed by atoms with Crippen LogP contribution in [0.4, 0.5) is 0 Å². The third kappa shape index (κ3) is 5.05. The fourth-order valence-corrected chi connectivity index (χ4v) is 9.36. The molecule has 0 fully saturated rings. The van der Waals surface area contributed by atoms with Gasteiger partial charge in [-0.3, -0.25) is 0 Å². The first-order valence-corrected chi connectivity index (χ1v) is 20.0. The quantitative estimate of drug-likeness (QED) is 0.167. The molecule has 12 rings (SSSR count). The molecule has 0 aliphatic rings. The summed E-state index contributed by atoms with van der Waals surface area (Å²) in [7, 11) is 0. The molecule has 0 bridgehead atoms. The SMILES string of the molecule is c1ccc(-c2ccc(-c3ccc(-n4c5cc6c(cc5c5c7ccccc7ccc54)c4ccccc4n6-c4ccc(-c5cccc6ccccc56)cc4)cc3)cc2)cc1. The second kappa shape index (κ2) is 12.9. The highest BCUT2D eigenvalue weighted by Crippen LogP contribution is 2.42. The molecule has 0 radical (unpaired) electrons. The molecule has 0 amide bonds. The number of hydrogen-bond acceptors (Lipinski definition) is 0. The number of benzene rings is 10. The van der Waals surface area contributed by atoms with Gasteiger partial charge >= 0.3 is 0 Å². The van der Waals surface area contributed by atoms with Crippen LogP contribution >= 0.6 is 0 Å². The van der Waals surface area contributed by atoms with Gasteiger partial charge in [0.1, 0.15) is 0 Å². The number of para-hydroxylation sites is 1. The molecule has 270 valence electrons. The van der Waals surface area contributed by atoms with E-state index in [0.29, 0.717) is 0 Å². The average molecular weight is 737 g/mol. The Morgan fingerprint density at radius 1 is 0.241 bits per heavy atom. The first-order chi connectivity index (χ1) is 28.8. The molecule has 2 heteroatoms. The Hall–Kier alpha value is -7.68.